The highest BCUT2D eigenvalue weighted by Gasteiger charge is 2.22. The van der Waals surface area contributed by atoms with Crippen molar-refractivity contribution >= 4 is 11.8 Å². The number of hydrogen-bond acceptors (Lipinski definition) is 2. The maximum atomic E-state index is 11.7. The van der Waals surface area contributed by atoms with Gasteiger partial charge in [0.15, 0.2) is 0 Å². The quantitative estimate of drug-likeness (QED) is 0.636. The molecule has 0 spiro atoms. The Bertz CT molecular complexity index is 345. The van der Waals surface area contributed by atoms with Gasteiger partial charge >= 0.3 is 0 Å². The normalized spacial score (nSPS) is 16.6. The maximum absolute atomic E-state index is 11.7. The Kier molecular flexibility index (Phi) is 2.22. The molecule has 0 radical (unpaired) electrons. The lowest BCUT2D eigenvalue weighted by Crippen LogP contribution is -2.50. The second kappa shape index (κ2) is 3.53. The summed E-state index contributed by atoms with van der Waals surface area (Å²) in [6.45, 7) is 1.26. The average molecular weight is 193 g/mol. The predicted octanol–water partition coefficient (Wildman–Crippen LogP) is -0.413. The van der Waals surface area contributed by atoms with Gasteiger partial charge in [-0.25, -0.2) is 0 Å². The predicted molar refractivity (Wildman–Crippen MR) is 49.7 cm³/mol. The van der Waals surface area contributed by atoms with E-state index < -0.39 is 0 Å². The van der Waals surface area contributed by atoms with Crippen molar-refractivity contribution in [2.24, 2.45) is 0 Å². The molecule has 2 heterocycles. The van der Waals surface area contributed by atoms with Gasteiger partial charge in [-0.15, -0.1) is 0 Å². The largest absolute Gasteiger partial charge is 0.357 e. The highest BCUT2D eigenvalue weighted by atomic mass is 16.2. The molecule has 0 unspecified atom stereocenters. The van der Waals surface area contributed by atoms with Crippen molar-refractivity contribution in [3.8, 4) is 0 Å². The molecule has 2 rings (SSSR count). The summed E-state index contributed by atoms with van der Waals surface area (Å²) in [5, 5.41) is 2.67. The summed E-state index contributed by atoms with van der Waals surface area (Å²) in [6.07, 6.45) is 1.69. The molecule has 5 heteroatoms. The third-order valence-electron chi connectivity index (χ3n) is 2.15. The maximum Gasteiger partial charge on any atom is 0.270 e. The standard InChI is InChI=1S/C9H11N3O2/c13-8-6-12(5-4-11-8)9(14)7-2-1-3-10-7/h1-3,10H,4-6H2,(H,11,13). The van der Waals surface area contributed by atoms with Crippen LogP contribution in [0.5, 0.6) is 0 Å². The van der Waals surface area contributed by atoms with E-state index in [9.17, 15) is 9.59 Å². The number of carbonyl (C=O) groups excluding carboxylic acids is 2. The average Bonchev–Trinajstić information content (AvgIpc) is 2.69. The number of H-pyrrole nitrogens is 1. The molecule has 0 aromatic carbocycles. The molecule has 74 valence electrons. The van der Waals surface area contributed by atoms with E-state index in [4.69, 9.17) is 0 Å². The lowest BCUT2D eigenvalue weighted by atomic mass is 10.3. The zero-order chi connectivity index (χ0) is 9.97. The van der Waals surface area contributed by atoms with Crippen LogP contribution < -0.4 is 5.32 Å². The van der Waals surface area contributed by atoms with E-state index in [2.05, 4.69) is 10.3 Å². The molecular weight excluding hydrogens is 182 g/mol. The molecule has 0 saturated carbocycles. The second-order valence-corrected chi connectivity index (χ2v) is 3.16. The van der Waals surface area contributed by atoms with E-state index in [1.165, 1.54) is 4.90 Å². The van der Waals surface area contributed by atoms with Crippen LogP contribution in [0, 0.1) is 0 Å². The van der Waals surface area contributed by atoms with E-state index in [1.54, 1.807) is 18.3 Å². The Balaban J connectivity index is 2.08. The molecule has 1 fully saturated rings. The van der Waals surface area contributed by atoms with Gasteiger partial charge in [-0.1, -0.05) is 0 Å². The van der Waals surface area contributed by atoms with Crippen LogP contribution in [0.2, 0.25) is 0 Å². The van der Waals surface area contributed by atoms with Gasteiger partial charge in [0, 0.05) is 19.3 Å². The van der Waals surface area contributed by atoms with Crippen LogP contribution in [0.3, 0.4) is 0 Å². The minimum Gasteiger partial charge on any atom is -0.357 e. The number of nitrogens with zero attached hydrogens (tertiary/aromatic N) is 1. The fourth-order valence-electron chi connectivity index (χ4n) is 1.45. The van der Waals surface area contributed by atoms with Crippen LogP contribution in [-0.2, 0) is 4.79 Å². The monoisotopic (exact) mass is 193 g/mol. The van der Waals surface area contributed by atoms with Crippen molar-refractivity contribution in [3.05, 3.63) is 24.0 Å². The van der Waals surface area contributed by atoms with Crippen molar-refractivity contribution in [2.75, 3.05) is 19.6 Å². The summed E-state index contributed by atoms with van der Waals surface area (Å²) >= 11 is 0. The molecule has 1 aromatic heterocycles. The molecule has 1 aromatic rings. The summed E-state index contributed by atoms with van der Waals surface area (Å²) in [7, 11) is 0. The third kappa shape index (κ3) is 1.61. The molecule has 1 saturated heterocycles. The number of rotatable bonds is 1. The molecule has 2 N–H and O–H groups in total. The first-order valence-corrected chi connectivity index (χ1v) is 4.47. The van der Waals surface area contributed by atoms with E-state index in [0.29, 0.717) is 18.8 Å². The van der Waals surface area contributed by atoms with Gasteiger partial charge in [-0.2, -0.15) is 0 Å². The van der Waals surface area contributed by atoms with Crippen LogP contribution in [0.1, 0.15) is 10.5 Å². The topological polar surface area (TPSA) is 65.2 Å². The minimum atomic E-state index is -0.121. The fourth-order valence-corrected chi connectivity index (χ4v) is 1.45. The number of hydrogen-bond donors (Lipinski definition) is 2. The summed E-state index contributed by atoms with van der Waals surface area (Å²) < 4.78 is 0. The van der Waals surface area contributed by atoms with Gasteiger partial charge in [0.25, 0.3) is 5.91 Å². The molecule has 0 aliphatic carbocycles. The number of aromatic nitrogens is 1. The van der Waals surface area contributed by atoms with Gasteiger partial charge in [-0.05, 0) is 12.1 Å². The van der Waals surface area contributed by atoms with Gasteiger partial charge in [0.05, 0.1) is 6.54 Å². The van der Waals surface area contributed by atoms with Crippen LogP contribution in [0.15, 0.2) is 18.3 Å². The first-order chi connectivity index (χ1) is 6.77. The number of nitrogens with one attached hydrogen (secondary N) is 2. The Morgan fingerprint density at radius 3 is 3.00 bits per heavy atom. The lowest BCUT2D eigenvalue weighted by molar-refractivity contribution is -0.123. The van der Waals surface area contributed by atoms with E-state index in [1.807, 2.05) is 0 Å². The fraction of sp³-hybridized carbons (Fsp3) is 0.333. The van der Waals surface area contributed by atoms with E-state index in [0.717, 1.165) is 0 Å². The van der Waals surface area contributed by atoms with E-state index >= 15 is 0 Å². The molecule has 14 heavy (non-hydrogen) atoms. The molecule has 2 amide bonds. The molecule has 5 nitrogen and oxygen atoms in total. The number of piperazine rings is 1. The third-order valence-corrected chi connectivity index (χ3v) is 2.15. The Morgan fingerprint density at radius 2 is 2.36 bits per heavy atom. The SMILES string of the molecule is O=C1CN(C(=O)c2ccc[nH]2)CCN1. The molecule has 0 bridgehead atoms. The van der Waals surface area contributed by atoms with E-state index in [-0.39, 0.29) is 18.4 Å². The van der Waals surface area contributed by atoms with Gasteiger partial charge < -0.3 is 15.2 Å². The van der Waals surface area contributed by atoms with Crippen molar-refractivity contribution in [1.82, 2.24) is 15.2 Å². The van der Waals surface area contributed by atoms with Gasteiger partial charge in [0.1, 0.15) is 5.69 Å². The van der Waals surface area contributed by atoms with Gasteiger partial charge in [0.2, 0.25) is 5.91 Å². The molecule has 1 aliphatic rings. The highest BCUT2D eigenvalue weighted by molar-refractivity contribution is 5.95. The van der Waals surface area contributed by atoms with Crippen molar-refractivity contribution in [3.63, 3.8) is 0 Å². The summed E-state index contributed by atoms with van der Waals surface area (Å²) in [4.78, 5) is 27.1. The summed E-state index contributed by atoms with van der Waals surface area (Å²) in [6, 6.07) is 3.46. The van der Waals surface area contributed by atoms with Crippen LogP contribution in [0.4, 0.5) is 0 Å². The molecule has 1 aliphatic heterocycles. The van der Waals surface area contributed by atoms with Crippen molar-refractivity contribution in [1.29, 1.82) is 0 Å². The summed E-state index contributed by atoms with van der Waals surface area (Å²) in [5.74, 6) is -0.221. The Labute approximate surface area is 81.1 Å². The number of carbonyl (C=O) groups is 2. The minimum absolute atomic E-state index is 0.101. The zero-order valence-electron chi connectivity index (χ0n) is 7.62. The second-order valence-electron chi connectivity index (χ2n) is 3.16. The Morgan fingerprint density at radius 1 is 1.50 bits per heavy atom. The Hall–Kier alpha value is -1.78. The van der Waals surface area contributed by atoms with Crippen molar-refractivity contribution in [2.45, 2.75) is 0 Å². The number of amides is 2. The first kappa shape index (κ1) is 8.80. The lowest BCUT2D eigenvalue weighted by Gasteiger charge is -2.26. The first-order valence-electron chi connectivity index (χ1n) is 4.47. The number of aromatic amines is 1. The van der Waals surface area contributed by atoms with Crippen LogP contribution >= 0.6 is 0 Å². The highest BCUT2D eigenvalue weighted by Crippen LogP contribution is 2.03. The molecular formula is C9H11N3O2. The molecule has 0 atom stereocenters. The van der Waals surface area contributed by atoms with Crippen LogP contribution in [0.25, 0.3) is 0 Å². The van der Waals surface area contributed by atoms with Gasteiger partial charge in [-0.3, -0.25) is 9.59 Å². The van der Waals surface area contributed by atoms with Crippen LogP contribution in [-0.4, -0.2) is 41.3 Å². The zero-order valence-corrected chi connectivity index (χ0v) is 7.62. The van der Waals surface area contributed by atoms with Crippen molar-refractivity contribution < 1.29 is 9.59 Å². The smallest absolute Gasteiger partial charge is 0.270 e. The summed E-state index contributed by atoms with van der Waals surface area (Å²) in [5.41, 5.74) is 0.528.